The van der Waals surface area contributed by atoms with Gasteiger partial charge < -0.3 is 19.7 Å². The number of aryl methyl sites for hydroxylation is 1. The normalized spacial score (nSPS) is 10.8. The van der Waals surface area contributed by atoms with Crippen LogP contribution >= 0.6 is 0 Å². The van der Waals surface area contributed by atoms with Crippen molar-refractivity contribution in [3.05, 3.63) is 53.9 Å². The average Bonchev–Trinajstić information content (AvgIpc) is 3.21. The summed E-state index contributed by atoms with van der Waals surface area (Å²) in [5, 5.41) is 20.1. The Morgan fingerprint density at radius 2 is 2.12 bits per heavy atom. The third-order valence-electron chi connectivity index (χ3n) is 3.32. The molecule has 1 aromatic carbocycles. The maximum absolute atomic E-state index is 8.87. The van der Waals surface area contributed by atoms with Crippen LogP contribution in [0.3, 0.4) is 0 Å². The molecular formula is C16H19N5O3. The highest BCUT2D eigenvalue weighted by molar-refractivity contribution is 5.39. The number of ether oxygens (including phenoxy) is 1. The quantitative estimate of drug-likeness (QED) is 0.649. The molecule has 2 aromatic heterocycles. The molecule has 0 aliphatic rings. The largest absolute Gasteiger partial charge is 0.485 e. The number of aliphatic hydroxyl groups is 1. The Morgan fingerprint density at radius 3 is 2.83 bits per heavy atom. The molecule has 0 saturated heterocycles. The maximum atomic E-state index is 8.87. The highest BCUT2D eigenvalue weighted by Gasteiger charge is 2.03. The second kappa shape index (κ2) is 7.60. The minimum atomic E-state index is 0.0754. The maximum Gasteiger partial charge on any atom is 0.223 e. The molecule has 126 valence electrons. The van der Waals surface area contributed by atoms with Gasteiger partial charge in [-0.05, 0) is 17.7 Å². The standard InChI is InChI=1S/C16H19N5O3/c1-12-19-16(20-24-12)11-23-15-4-2-13(3-5-15)8-17-14-9-18-21(10-14)6-7-22/h2-5,9-10,17,22H,6-8,11H2,1H3. The number of nitrogens with zero attached hydrogens (tertiary/aromatic N) is 4. The number of rotatable bonds is 8. The highest BCUT2D eigenvalue weighted by atomic mass is 16.5. The smallest absolute Gasteiger partial charge is 0.223 e. The fourth-order valence-electron chi connectivity index (χ4n) is 2.14. The molecule has 8 heteroatoms. The molecule has 2 heterocycles. The van der Waals surface area contributed by atoms with E-state index in [1.54, 1.807) is 17.8 Å². The monoisotopic (exact) mass is 329 g/mol. The van der Waals surface area contributed by atoms with E-state index in [0.717, 1.165) is 17.0 Å². The molecule has 0 radical (unpaired) electrons. The van der Waals surface area contributed by atoms with Crippen LogP contribution < -0.4 is 10.1 Å². The minimum Gasteiger partial charge on any atom is -0.485 e. The predicted octanol–water partition coefficient (Wildman–Crippen LogP) is 1.76. The van der Waals surface area contributed by atoms with Crippen molar-refractivity contribution >= 4 is 5.69 Å². The van der Waals surface area contributed by atoms with Crippen LogP contribution in [-0.4, -0.2) is 31.6 Å². The molecule has 0 spiro atoms. The summed E-state index contributed by atoms with van der Waals surface area (Å²) in [5.74, 6) is 1.80. The molecule has 0 atom stereocenters. The van der Waals surface area contributed by atoms with Gasteiger partial charge in [0, 0.05) is 19.7 Å². The van der Waals surface area contributed by atoms with Crippen molar-refractivity contribution in [3.63, 3.8) is 0 Å². The van der Waals surface area contributed by atoms with Gasteiger partial charge in [0.25, 0.3) is 0 Å². The molecule has 0 bridgehead atoms. The van der Waals surface area contributed by atoms with Crippen molar-refractivity contribution in [1.82, 2.24) is 19.9 Å². The zero-order valence-electron chi connectivity index (χ0n) is 13.3. The lowest BCUT2D eigenvalue weighted by Crippen LogP contribution is -2.02. The summed E-state index contributed by atoms with van der Waals surface area (Å²) >= 11 is 0. The van der Waals surface area contributed by atoms with Crippen LogP contribution in [0.15, 0.2) is 41.2 Å². The SMILES string of the molecule is Cc1nc(COc2ccc(CNc3cnn(CCO)c3)cc2)no1. The number of aliphatic hydroxyl groups excluding tert-OH is 1. The van der Waals surface area contributed by atoms with Crippen LogP contribution in [0.25, 0.3) is 0 Å². The van der Waals surface area contributed by atoms with Gasteiger partial charge in [0.2, 0.25) is 11.7 Å². The summed E-state index contributed by atoms with van der Waals surface area (Å²) in [6, 6.07) is 7.78. The summed E-state index contributed by atoms with van der Waals surface area (Å²) < 4.78 is 12.2. The van der Waals surface area contributed by atoms with E-state index >= 15 is 0 Å². The number of hydrogen-bond acceptors (Lipinski definition) is 7. The Morgan fingerprint density at radius 1 is 1.29 bits per heavy atom. The van der Waals surface area contributed by atoms with Crippen LogP contribution in [0, 0.1) is 6.92 Å². The zero-order chi connectivity index (χ0) is 16.8. The lowest BCUT2D eigenvalue weighted by molar-refractivity contribution is 0.269. The van der Waals surface area contributed by atoms with E-state index in [4.69, 9.17) is 14.4 Å². The van der Waals surface area contributed by atoms with Crippen molar-refractivity contribution in [3.8, 4) is 5.75 Å². The first-order valence-corrected chi connectivity index (χ1v) is 7.61. The van der Waals surface area contributed by atoms with Crippen LogP contribution in [0.4, 0.5) is 5.69 Å². The zero-order valence-corrected chi connectivity index (χ0v) is 13.3. The summed E-state index contributed by atoms with van der Waals surface area (Å²) in [5.41, 5.74) is 2.03. The molecule has 0 aliphatic heterocycles. The molecule has 0 saturated carbocycles. The summed E-state index contributed by atoms with van der Waals surface area (Å²) in [6.07, 6.45) is 3.60. The van der Waals surface area contributed by atoms with Gasteiger partial charge in [-0.15, -0.1) is 0 Å². The van der Waals surface area contributed by atoms with Crippen LogP contribution in [-0.2, 0) is 19.7 Å². The molecular weight excluding hydrogens is 310 g/mol. The molecule has 8 nitrogen and oxygen atoms in total. The van der Waals surface area contributed by atoms with Crippen molar-refractivity contribution < 1.29 is 14.4 Å². The Labute approximate surface area is 139 Å². The van der Waals surface area contributed by atoms with E-state index in [9.17, 15) is 0 Å². The number of anilines is 1. The molecule has 0 unspecified atom stereocenters. The summed E-state index contributed by atoms with van der Waals surface area (Å²) in [7, 11) is 0. The summed E-state index contributed by atoms with van der Waals surface area (Å²) in [6.45, 7) is 3.26. The number of hydrogen-bond donors (Lipinski definition) is 2. The average molecular weight is 329 g/mol. The topological polar surface area (TPSA) is 98.2 Å². The first kappa shape index (κ1) is 16.0. The summed E-state index contributed by atoms with van der Waals surface area (Å²) in [4.78, 5) is 4.09. The Bertz CT molecular complexity index is 766. The number of benzene rings is 1. The van der Waals surface area contributed by atoms with Gasteiger partial charge in [-0.25, -0.2) is 0 Å². The second-order valence-corrected chi connectivity index (χ2v) is 5.23. The first-order valence-electron chi connectivity index (χ1n) is 7.61. The lowest BCUT2D eigenvalue weighted by atomic mass is 10.2. The van der Waals surface area contributed by atoms with Gasteiger partial charge in [0.1, 0.15) is 5.75 Å². The van der Waals surface area contributed by atoms with Crippen LogP contribution in [0.1, 0.15) is 17.3 Å². The van der Waals surface area contributed by atoms with Gasteiger partial charge in [-0.1, -0.05) is 17.3 Å². The third kappa shape index (κ3) is 4.32. The molecule has 3 rings (SSSR count). The van der Waals surface area contributed by atoms with E-state index in [2.05, 4.69) is 20.6 Å². The van der Waals surface area contributed by atoms with Crippen molar-refractivity contribution in [1.29, 1.82) is 0 Å². The highest BCUT2D eigenvalue weighted by Crippen LogP contribution is 2.15. The Kier molecular flexibility index (Phi) is 5.07. The molecule has 3 aromatic rings. The van der Waals surface area contributed by atoms with Gasteiger partial charge in [0.05, 0.1) is 25.0 Å². The van der Waals surface area contributed by atoms with Gasteiger partial charge in [0.15, 0.2) is 6.61 Å². The Hall–Kier alpha value is -2.87. The molecule has 24 heavy (non-hydrogen) atoms. The molecule has 2 N–H and O–H groups in total. The minimum absolute atomic E-state index is 0.0754. The van der Waals surface area contributed by atoms with E-state index in [1.807, 2.05) is 30.5 Å². The van der Waals surface area contributed by atoms with E-state index in [-0.39, 0.29) is 13.2 Å². The predicted molar refractivity (Wildman–Crippen MR) is 86.4 cm³/mol. The van der Waals surface area contributed by atoms with Crippen LogP contribution in [0.5, 0.6) is 5.75 Å². The van der Waals surface area contributed by atoms with E-state index < -0.39 is 0 Å². The van der Waals surface area contributed by atoms with Gasteiger partial charge >= 0.3 is 0 Å². The molecule has 0 amide bonds. The van der Waals surface area contributed by atoms with Crippen molar-refractivity contribution in [2.45, 2.75) is 26.6 Å². The molecule has 0 aliphatic carbocycles. The fourth-order valence-corrected chi connectivity index (χ4v) is 2.14. The third-order valence-corrected chi connectivity index (χ3v) is 3.32. The van der Waals surface area contributed by atoms with E-state index in [1.165, 1.54) is 0 Å². The second-order valence-electron chi connectivity index (χ2n) is 5.23. The van der Waals surface area contributed by atoms with Gasteiger partial charge in [-0.2, -0.15) is 10.1 Å². The Balaban J connectivity index is 1.48. The van der Waals surface area contributed by atoms with Gasteiger partial charge in [-0.3, -0.25) is 4.68 Å². The first-order chi connectivity index (χ1) is 11.7. The van der Waals surface area contributed by atoms with Crippen molar-refractivity contribution in [2.24, 2.45) is 0 Å². The fraction of sp³-hybridized carbons (Fsp3) is 0.312. The van der Waals surface area contributed by atoms with Crippen molar-refractivity contribution in [2.75, 3.05) is 11.9 Å². The number of aromatic nitrogens is 4. The number of nitrogens with one attached hydrogen (secondary N) is 1. The molecule has 0 fully saturated rings. The lowest BCUT2D eigenvalue weighted by Gasteiger charge is -2.06. The van der Waals surface area contributed by atoms with Crippen LogP contribution in [0.2, 0.25) is 0 Å². The van der Waals surface area contributed by atoms with E-state index in [0.29, 0.717) is 24.8 Å².